The van der Waals surface area contributed by atoms with Crippen LogP contribution in [-0.2, 0) is 30.4 Å². The Morgan fingerprint density at radius 2 is 1.80 bits per heavy atom. The number of hydrogen-bond donors (Lipinski definition) is 3. The molecular formula is C32H47IN4O6S. The van der Waals surface area contributed by atoms with Crippen LogP contribution >= 0.6 is 33.9 Å². The number of unbranched alkanes of at least 4 members (excludes halogenated alkanes) is 3. The minimum Gasteiger partial charge on any atom is -0.391 e. The fourth-order valence-electron chi connectivity index (χ4n) is 5.02. The van der Waals surface area contributed by atoms with Gasteiger partial charge in [-0.1, -0.05) is 80.5 Å². The Hall–Kier alpha value is -2.13. The molecule has 1 aromatic heterocycles. The third kappa shape index (κ3) is 11.3. The predicted octanol–water partition coefficient (Wildman–Crippen LogP) is 4.26. The normalized spacial score (nSPS) is 17.5. The number of β-amino-alcohol motifs (C(OH)–C–C–N with tert-alkyl or cyclic N) is 1. The first-order chi connectivity index (χ1) is 21.0. The maximum atomic E-state index is 13.7. The number of hydrogen-bond acceptors (Lipinski definition) is 8. The summed E-state index contributed by atoms with van der Waals surface area (Å²) < 4.78 is 12.2. The van der Waals surface area contributed by atoms with Crippen LogP contribution in [0.4, 0.5) is 0 Å². The third-order valence-electron chi connectivity index (χ3n) is 7.49. The first kappa shape index (κ1) is 36.3. The zero-order chi connectivity index (χ0) is 32.1. The quantitative estimate of drug-likeness (QED) is 0.126. The number of amides is 3. The zero-order valence-electron chi connectivity index (χ0n) is 26.3. The predicted molar refractivity (Wildman–Crippen MR) is 181 cm³/mol. The molecular weight excluding hydrogens is 695 g/mol. The summed E-state index contributed by atoms with van der Waals surface area (Å²) in [5, 5.41) is 16.1. The Morgan fingerprint density at radius 3 is 2.45 bits per heavy atom. The molecule has 44 heavy (non-hydrogen) atoms. The van der Waals surface area contributed by atoms with Gasteiger partial charge in [-0.25, -0.2) is 4.98 Å². The van der Waals surface area contributed by atoms with Crippen molar-refractivity contribution in [2.75, 3.05) is 37.4 Å². The summed E-state index contributed by atoms with van der Waals surface area (Å²) in [5.74, 6) is -1.17. The summed E-state index contributed by atoms with van der Waals surface area (Å²) in [7, 11) is 0. The second kappa shape index (κ2) is 18.1. The average molecular weight is 743 g/mol. The lowest BCUT2D eigenvalue weighted by Crippen LogP contribution is -2.58. The van der Waals surface area contributed by atoms with E-state index in [9.17, 15) is 19.5 Å². The van der Waals surface area contributed by atoms with Crippen LogP contribution in [0, 0.1) is 12.3 Å². The number of nitrogens with zero attached hydrogens (tertiary/aromatic N) is 2. The molecule has 0 spiro atoms. The number of aliphatic hydroxyl groups excluding tert-OH is 1. The number of likely N-dealkylation sites (tertiary alicyclic amines) is 1. The first-order valence-electron chi connectivity index (χ1n) is 15.3. The van der Waals surface area contributed by atoms with E-state index < -0.39 is 35.4 Å². The van der Waals surface area contributed by atoms with Gasteiger partial charge in [0.1, 0.15) is 18.7 Å². The van der Waals surface area contributed by atoms with Gasteiger partial charge in [-0.05, 0) is 40.7 Å². The lowest BCUT2D eigenvalue weighted by molar-refractivity contribution is -0.144. The van der Waals surface area contributed by atoms with E-state index in [0.29, 0.717) is 13.2 Å². The van der Waals surface area contributed by atoms with Crippen LogP contribution in [0.5, 0.6) is 0 Å². The Bertz CT molecular complexity index is 1200. The van der Waals surface area contributed by atoms with E-state index in [-0.39, 0.29) is 38.6 Å². The van der Waals surface area contributed by atoms with Crippen molar-refractivity contribution in [2.45, 2.75) is 84.5 Å². The van der Waals surface area contributed by atoms with Crippen LogP contribution in [0.25, 0.3) is 10.4 Å². The lowest BCUT2D eigenvalue weighted by Gasteiger charge is -2.35. The van der Waals surface area contributed by atoms with Gasteiger partial charge in [0.25, 0.3) is 0 Å². The molecule has 1 fully saturated rings. The summed E-state index contributed by atoms with van der Waals surface area (Å²) in [6.07, 6.45) is 3.90. The first-order valence-corrected chi connectivity index (χ1v) is 17.7. The number of nitrogens with one attached hydrogen (secondary N) is 2. The number of aliphatic hydroxyl groups is 1. The summed E-state index contributed by atoms with van der Waals surface area (Å²) >= 11 is 3.97. The third-order valence-corrected chi connectivity index (χ3v) is 9.23. The largest absolute Gasteiger partial charge is 0.391 e. The summed E-state index contributed by atoms with van der Waals surface area (Å²) in [4.78, 5) is 46.5. The second-order valence-electron chi connectivity index (χ2n) is 12.2. The van der Waals surface area contributed by atoms with Gasteiger partial charge in [0.05, 0.1) is 35.4 Å². The molecule has 0 bridgehead atoms. The van der Waals surface area contributed by atoms with Crippen LogP contribution < -0.4 is 10.6 Å². The Morgan fingerprint density at radius 1 is 1.09 bits per heavy atom. The number of thiazole rings is 1. The van der Waals surface area contributed by atoms with Gasteiger partial charge < -0.3 is 30.1 Å². The molecule has 2 heterocycles. The maximum Gasteiger partial charge on any atom is 0.246 e. The molecule has 3 N–H and O–H groups in total. The molecule has 1 saturated heterocycles. The highest BCUT2D eigenvalue weighted by Gasteiger charge is 2.44. The number of aromatic nitrogens is 1. The molecule has 0 saturated carbocycles. The average Bonchev–Trinajstić information content (AvgIpc) is 3.60. The molecule has 0 radical (unpaired) electrons. The van der Waals surface area contributed by atoms with Crippen molar-refractivity contribution >= 4 is 51.6 Å². The topological polar surface area (TPSA) is 130 Å². The van der Waals surface area contributed by atoms with E-state index in [1.165, 1.54) is 22.2 Å². The number of halogens is 1. The summed E-state index contributed by atoms with van der Waals surface area (Å²) in [6, 6.07) is 6.16. The van der Waals surface area contributed by atoms with E-state index in [1.807, 2.05) is 57.5 Å². The molecule has 12 heteroatoms. The van der Waals surface area contributed by atoms with E-state index in [1.54, 1.807) is 11.3 Å². The number of carbonyl (C=O) groups excluding carboxylic acids is 3. The van der Waals surface area contributed by atoms with Gasteiger partial charge in [-0.2, -0.15) is 0 Å². The smallest absolute Gasteiger partial charge is 0.246 e. The van der Waals surface area contributed by atoms with E-state index in [2.05, 4.69) is 38.2 Å². The highest BCUT2D eigenvalue weighted by molar-refractivity contribution is 14.1. The van der Waals surface area contributed by atoms with Crippen molar-refractivity contribution in [3.05, 3.63) is 41.0 Å². The molecule has 1 aliphatic heterocycles. The standard InChI is InChI=1S/C32H47IN4O6S/c1-22-28(44-21-35-22)24-11-9-23(10-12-24)18-34-30(40)26-17-25(38)19-37(26)31(41)29(32(2,3)4)36-27(39)20-43-16-15-42-14-8-6-5-7-13-33/h9-12,21,25-26,29,38H,5-8,13-20H2,1-4H3,(H,34,40)(H,36,39). The fourth-order valence-corrected chi connectivity index (χ4v) is 6.37. The van der Waals surface area contributed by atoms with Gasteiger partial charge >= 0.3 is 0 Å². The minimum absolute atomic E-state index is 0.0220. The Labute approximate surface area is 278 Å². The molecule has 3 atom stereocenters. The minimum atomic E-state index is -0.902. The summed E-state index contributed by atoms with van der Waals surface area (Å²) in [6.45, 7) is 8.99. The van der Waals surface area contributed by atoms with Crippen molar-refractivity contribution in [3.8, 4) is 10.4 Å². The molecule has 3 unspecified atom stereocenters. The second-order valence-corrected chi connectivity index (χ2v) is 14.1. The van der Waals surface area contributed by atoms with E-state index in [4.69, 9.17) is 9.47 Å². The number of alkyl halides is 1. The van der Waals surface area contributed by atoms with Crippen LogP contribution in [0.1, 0.15) is 64.1 Å². The summed E-state index contributed by atoms with van der Waals surface area (Å²) in [5.41, 5.74) is 4.14. The molecule has 2 aromatic rings. The molecule has 3 amide bonds. The van der Waals surface area contributed by atoms with Crippen molar-refractivity contribution in [3.63, 3.8) is 0 Å². The Kier molecular flexibility index (Phi) is 15.0. The van der Waals surface area contributed by atoms with E-state index >= 15 is 0 Å². The number of carbonyl (C=O) groups is 3. The van der Waals surface area contributed by atoms with Crippen LogP contribution in [0.2, 0.25) is 0 Å². The van der Waals surface area contributed by atoms with Gasteiger partial charge in [0.15, 0.2) is 0 Å². The van der Waals surface area contributed by atoms with Crippen molar-refractivity contribution in [1.82, 2.24) is 20.5 Å². The number of rotatable bonds is 17. The van der Waals surface area contributed by atoms with Crippen molar-refractivity contribution < 1.29 is 29.0 Å². The van der Waals surface area contributed by atoms with Gasteiger partial charge in [0.2, 0.25) is 17.7 Å². The molecule has 10 nitrogen and oxygen atoms in total. The highest BCUT2D eigenvalue weighted by Crippen LogP contribution is 2.28. The van der Waals surface area contributed by atoms with Crippen LogP contribution in [0.15, 0.2) is 29.8 Å². The Balaban J connectivity index is 1.49. The van der Waals surface area contributed by atoms with Crippen molar-refractivity contribution in [2.24, 2.45) is 5.41 Å². The molecule has 0 aliphatic carbocycles. The van der Waals surface area contributed by atoms with Gasteiger partial charge in [-0.15, -0.1) is 11.3 Å². The zero-order valence-corrected chi connectivity index (χ0v) is 29.2. The molecule has 1 aliphatic rings. The molecule has 244 valence electrons. The van der Waals surface area contributed by atoms with Crippen molar-refractivity contribution in [1.29, 1.82) is 0 Å². The SMILES string of the molecule is Cc1ncsc1-c1ccc(CNC(=O)C2CC(O)CN2C(=O)C(NC(=O)COCCOCCCCCCI)C(C)(C)C)cc1. The highest BCUT2D eigenvalue weighted by atomic mass is 127. The number of benzene rings is 1. The van der Waals surface area contributed by atoms with Gasteiger partial charge in [0, 0.05) is 26.1 Å². The van der Waals surface area contributed by atoms with Gasteiger partial charge in [-0.3, -0.25) is 14.4 Å². The number of ether oxygens (including phenoxy) is 2. The fraction of sp³-hybridized carbons (Fsp3) is 0.625. The van der Waals surface area contributed by atoms with Crippen LogP contribution in [0.3, 0.4) is 0 Å². The maximum absolute atomic E-state index is 13.7. The van der Waals surface area contributed by atoms with Crippen LogP contribution in [-0.4, -0.2) is 88.3 Å². The monoisotopic (exact) mass is 742 g/mol. The number of aryl methyl sites for hydroxylation is 1. The molecule has 3 rings (SSSR count). The lowest BCUT2D eigenvalue weighted by atomic mass is 9.85. The molecule has 1 aromatic carbocycles. The van der Waals surface area contributed by atoms with E-state index in [0.717, 1.165) is 34.5 Å².